The number of nitrogens with zero attached hydrogens (tertiary/aromatic N) is 1. The first-order valence-corrected chi connectivity index (χ1v) is 7.49. The number of hydrogen-bond acceptors (Lipinski definition) is 2. The fourth-order valence-electron chi connectivity index (χ4n) is 3.11. The molecule has 1 saturated carbocycles. The number of aromatic nitrogens is 1. The van der Waals surface area contributed by atoms with E-state index in [2.05, 4.69) is 29.4 Å². The molecule has 0 saturated heterocycles. The summed E-state index contributed by atoms with van der Waals surface area (Å²) in [5.74, 6) is 1.72. The summed E-state index contributed by atoms with van der Waals surface area (Å²) >= 11 is 0. The molecule has 1 heterocycles. The van der Waals surface area contributed by atoms with Gasteiger partial charge in [-0.2, -0.15) is 0 Å². The predicted molar refractivity (Wildman–Crippen MR) is 76.5 cm³/mol. The third-order valence-electron chi connectivity index (χ3n) is 4.12. The lowest BCUT2D eigenvalue weighted by Crippen LogP contribution is -2.32. The average Bonchev–Trinajstić information content (AvgIpc) is 2.42. The van der Waals surface area contributed by atoms with E-state index in [-0.39, 0.29) is 0 Å². The van der Waals surface area contributed by atoms with Crippen LogP contribution < -0.4 is 5.32 Å². The van der Waals surface area contributed by atoms with Gasteiger partial charge in [0.15, 0.2) is 0 Å². The second-order valence-corrected chi connectivity index (χ2v) is 5.57. The highest BCUT2D eigenvalue weighted by Crippen LogP contribution is 2.32. The summed E-state index contributed by atoms with van der Waals surface area (Å²) in [5, 5.41) is 3.60. The van der Waals surface area contributed by atoms with Gasteiger partial charge < -0.3 is 5.32 Å². The quantitative estimate of drug-likeness (QED) is 0.778. The van der Waals surface area contributed by atoms with E-state index < -0.39 is 0 Å². The predicted octanol–water partition coefficient (Wildman–Crippen LogP) is 3.43. The van der Waals surface area contributed by atoms with Gasteiger partial charge in [0.05, 0.1) is 0 Å². The Balaban J connectivity index is 1.87. The van der Waals surface area contributed by atoms with Gasteiger partial charge in [0.2, 0.25) is 0 Å². The number of hydrogen-bond donors (Lipinski definition) is 1. The Kier molecular flexibility index (Phi) is 5.66. The van der Waals surface area contributed by atoms with E-state index in [1.54, 1.807) is 0 Å². The normalized spacial score (nSPS) is 24.1. The number of rotatable bonds is 6. The molecule has 0 radical (unpaired) electrons. The molecule has 0 aliphatic heterocycles. The van der Waals surface area contributed by atoms with E-state index in [9.17, 15) is 0 Å². The zero-order valence-electron chi connectivity index (χ0n) is 11.6. The maximum atomic E-state index is 4.24. The molecule has 0 bridgehead atoms. The smallest absolute Gasteiger partial charge is 0.0299 e. The van der Waals surface area contributed by atoms with Crippen LogP contribution in [0.1, 0.15) is 44.6 Å². The van der Waals surface area contributed by atoms with Crippen LogP contribution in [0, 0.1) is 11.8 Å². The van der Waals surface area contributed by atoms with Gasteiger partial charge >= 0.3 is 0 Å². The zero-order chi connectivity index (χ0) is 12.6. The van der Waals surface area contributed by atoms with E-state index in [0.29, 0.717) is 0 Å². The zero-order valence-corrected chi connectivity index (χ0v) is 11.6. The van der Waals surface area contributed by atoms with Crippen LogP contribution in [-0.4, -0.2) is 18.1 Å². The SMILES string of the molecule is CCCNCC1CCCCC1Cc1cccnc1. The van der Waals surface area contributed by atoms with Crippen LogP contribution in [0.15, 0.2) is 24.5 Å². The monoisotopic (exact) mass is 246 g/mol. The summed E-state index contributed by atoms with van der Waals surface area (Å²) in [5.41, 5.74) is 1.41. The second-order valence-electron chi connectivity index (χ2n) is 5.57. The molecule has 1 fully saturated rings. The van der Waals surface area contributed by atoms with Crippen molar-refractivity contribution >= 4 is 0 Å². The largest absolute Gasteiger partial charge is 0.316 e. The first kappa shape index (κ1) is 13.5. The fourth-order valence-corrected chi connectivity index (χ4v) is 3.11. The van der Waals surface area contributed by atoms with Gasteiger partial charge in [0, 0.05) is 12.4 Å². The molecule has 100 valence electrons. The highest BCUT2D eigenvalue weighted by Gasteiger charge is 2.24. The van der Waals surface area contributed by atoms with E-state index >= 15 is 0 Å². The first-order valence-electron chi connectivity index (χ1n) is 7.49. The summed E-state index contributed by atoms with van der Waals surface area (Å²) in [6, 6.07) is 4.28. The van der Waals surface area contributed by atoms with Crippen LogP contribution in [-0.2, 0) is 6.42 Å². The highest BCUT2D eigenvalue weighted by atomic mass is 14.9. The molecule has 1 aliphatic rings. The topological polar surface area (TPSA) is 24.9 Å². The van der Waals surface area contributed by atoms with Crippen molar-refractivity contribution in [2.75, 3.05) is 13.1 Å². The Bertz CT molecular complexity index is 323. The molecule has 2 rings (SSSR count). The van der Waals surface area contributed by atoms with Crippen molar-refractivity contribution in [3.63, 3.8) is 0 Å². The van der Waals surface area contributed by atoms with Gasteiger partial charge in [-0.3, -0.25) is 4.98 Å². The standard InChI is InChI=1S/C16H26N2/c1-2-9-17-13-16-8-4-3-7-15(16)11-14-6-5-10-18-12-14/h5-6,10,12,15-17H,2-4,7-9,11,13H2,1H3. The molecule has 0 aromatic carbocycles. The molecular weight excluding hydrogens is 220 g/mol. The second kappa shape index (κ2) is 7.52. The van der Waals surface area contributed by atoms with Gasteiger partial charge in [-0.05, 0) is 62.2 Å². The maximum absolute atomic E-state index is 4.24. The molecule has 2 unspecified atom stereocenters. The molecule has 2 heteroatoms. The van der Waals surface area contributed by atoms with Crippen LogP contribution >= 0.6 is 0 Å². The molecule has 1 N–H and O–H groups in total. The number of nitrogens with one attached hydrogen (secondary N) is 1. The average molecular weight is 246 g/mol. The van der Waals surface area contributed by atoms with Gasteiger partial charge in [-0.25, -0.2) is 0 Å². The molecule has 2 atom stereocenters. The van der Waals surface area contributed by atoms with Gasteiger partial charge in [0.25, 0.3) is 0 Å². The van der Waals surface area contributed by atoms with Crippen molar-refractivity contribution in [2.24, 2.45) is 11.8 Å². The van der Waals surface area contributed by atoms with Crippen LogP contribution in [0.5, 0.6) is 0 Å². The molecular formula is C16H26N2. The van der Waals surface area contributed by atoms with Crippen molar-refractivity contribution in [1.29, 1.82) is 0 Å². The van der Waals surface area contributed by atoms with Crippen LogP contribution in [0.4, 0.5) is 0 Å². The summed E-state index contributed by atoms with van der Waals surface area (Å²) in [6.07, 6.45) is 12.0. The molecule has 2 nitrogen and oxygen atoms in total. The minimum Gasteiger partial charge on any atom is -0.316 e. The third-order valence-corrected chi connectivity index (χ3v) is 4.12. The molecule has 1 aromatic rings. The van der Waals surface area contributed by atoms with Crippen LogP contribution in [0.2, 0.25) is 0 Å². The van der Waals surface area contributed by atoms with Crippen molar-refractivity contribution < 1.29 is 0 Å². The van der Waals surface area contributed by atoms with E-state index in [4.69, 9.17) is 0 Å². The van der Waals surface area contributed by atoms with Crippen molar-refractivity contribution in [3.05, 3.63) is 30.1 Å². The lowest BCUT2D eigenvalue weighted by molar-refractivity contribution is 0.228. The van der Waals surface area contributed by atoms with Crippen LogP contribution in [0.3, 0.4) is 0 Å². The molecule has 1 aliphatic carbocycles. The lowest BCUT2D eigenvalue weighted by Gasteiger charge is -2.32. The Morgan fingerprint density at radius 1 is 1.28 bits per heavy atom. The minimum absolute atomic E-state index is 0.854. The Hall–Kier alpha value is -0.890. The van der Waals surface area contributed by atoms with Gasteiger partial charge in [-0.1, -0.05) is 25.8 Å². The molecule has 1 aromatic heterocycles. The molecule has 18 heavy (non-hydrogen) atoms. The Morgan fingerprint density at radius 2 is 2.11 bits per heavy atom. The fraction of sp³-hybridized carbons (Fsp3) is 0.688. The number of pyridine rings is 1. The maximum Gasteiger partial charge on any atom is 0.0299 e. The van der Waals surface area contributed by atoms with Crippen molar-refractivity contribution in [2.45, 2.75) is 45.4 Å². The molecule has 0 amide bonds. The summed E-state index contributed by atoms with van der Waals surface area (Å²) in [7, 11) is 0. The van der Waals surface area contributed by atoms with Crippen molar-refractivity contribution in [1.82, 2.24) is 10.3 Å². The summed E-state index contributed by atoms with van der Waals surface area (Å²) < 4.78 is 0. The van der Waals surface area contributed by atoms with Crippen molar-refractivity contribution in [3.8, 4) is 0 Å². The van der Waals surface area contributed by atoms with E-state index in [1.165, 1.54) is 50.6 Å². The highest BCUT2D eigenvalue weighted by molar-refractivity contribution is 5.09. The van der Waals surface area contributed by atoms with Crippen LogP contribution in [0.25, 0.3) is 0 Å². The summed E-state index contributed by atoms with van der Waals surface area (Å²) in [6.45, 7) is 4.61. The summed E-state index contributed by atoms with van der Waals surface area (Å²) in [4.78, 5) is 4.24. The van der Waals surface area contributed by atoms with Gasteiger partial charge in [0.1, 0.15) is 0 Å². The Morgan fingerprint density at radius 3 is 2.83 bits per heavy atom. The molecule has 0 spiro atoms. The first-order chi connectivity index (χ1) is 8.90. The lowest BCUT2D eigenvalue weighted by atomic mass is 9.76. The Labute approximate surface area is 111 Å². The van der Waals surface area contributed by atoms with E-state index in [1.807, 2.05) is 12.4 Å². The minimum atomic E-state index is 0.854. The van der Waals surface area contributed by atoms with Gasteiger partial charge in [-0.15, -0.1) is 0 Å². The third kappa shape index (κ3) is 4.09. The van der Waals surface area contributed by atoms with E-state index in [0.717, 1.165) is 18.4 Å².